The molecule has 1 aromatic heterocycles. The molecule has 0 fully saturated rings. The molecule has 0 saturated heterocycles. The lowest BCUT2D eigenvalue weighted by molar-refractivity contribution is 0.853. The van der Waals surface area contributed by atoms with Crippen LogP contribution in [0.25, 0.3) is 16.8 Å². The van der Waals surface area contributed by atoms with Gasteiger partial charge in [-0.25, -0.2) is 15.6 Å². The van der Waals surface area contributed by atoms with Crippen molar-refractivity contribution in [1.29, 1.82) is 0 Å². The van der Waals surface area contributed by atoms with Crippen LogP contribution in [0.5, 0.6) is 0 Å². The molecule has 0 atom stereocenters. The third-order valence-corrected chi connectivity index (χ3v) is 3.43. The van der Waals surface area contributed by atoms with E-state index in [1.54, 1.807) is 0 Å². The van der Waals surface area contributed by atoms with Crippen LogP contribution in [-0.4, -0.2) is 14.5 Å². The molecule has 1 heterocycles. The van der Waals surface area contributed by atoms with Crippen molar-refractivity contribution >= 4 is 5.95 Å². The standard InChI is InChI=1S/C10H11N5O.C6H4/c1-7-4-2-3-5-8(7)15-6-12-9(14-11)13-10(15)16;1-2-6-4-3-5(1)6/h2-6H,11H2,1H3,(H,13,14,16);1-4H. The number of fused-ring (bicyclic) bond motifs is 1. The van der Waals surface area contributed by atoms with E-state index in [0.29, 0.717) is 0 Å². The Balaban J connectivity index is 0.000000196. The molecule has 2 aromatic rings. The van der Waals surface area contributed by atoms with Crippen LogP contribution >= 0.6 is 0 Å². The fourth-order valence-electron chi connectivity index (χ4n) is 2.07. The number of hydrogen-bond donors (Lipinski definition) is 2. The first-order chi connectivity index (χ1) is 10.7. The number of aryl methyl sites for hydroxylation is 1. The van der Waals surface area contributed by atoms with E-state index in [2.05, 4.69) is 39.7 Å². The molecular formula is C16H15N5O. The second-order valence-corrected chi connectivity index (χ2v) is 4.84. The molecule has 22 heavy (non-hydrogen) atoms. The first kappa shape index (κ1) is 14.0. The number of nitrogens with zero attached hydrogens (tertiary/aromatic N) is 3. The molecule has 0 saturated carbocycles. The summed E-state index contributed by atoms with van der Waals surface area (Å²) in [5.74, 6) is 5.22. The zero-order valence-electron chi connectivity index (χ0n) is 12.0. The summed E-state index contributed by atoms with van der Waals surface area (Å²) in [4.78, 5) is 19.2. The molecule has 0 aliphatic heterocycles. The van der Waals surface area contributed by atoms with Gasteiger partial charge in [-0.15, -0.1) is 0 Å². The van der Waals surface area contributed by atoms with Gasteiger partial charge in [0.2, 0.25) is 5.95 Å². The fourth-order valence-corrected chi connectivity index (χ4v) is 2.07. The number of hydrazine groups is 1. The first-order valence-corrected chi connectivity index (χ1v) is 6.78. The normalized spacial score (nSPS) is 10.5. The average molecular weight is 293 g/mol. The lowest BCUT2D eigenvalue weighted by Gasteiger charge is -2.10. The Morgan fingerprint density at radius 3 is 2.14 bits per heavy atom. The third-order valence-electron chi connectivity index (χ3n) is 3.43. The number of nitrogens with two attached hydrogens (primary N) is 1. The highest BCUT2D eigenvalue weighted by Crippen LogP contribution is 2.29. The number of nitrogen functional groups attached to an aromatic ring is 1. The molecule has 0 bridgehead atoms. The maximum atomic E-state index is 11.7. The Kier molecular flexibility index (Phi) is 3.67. The second kappa shape index (κ2) is 5.79. The summed E-state index contributed by atoms with van der Waals surface area (Å²) in [5.41, 5.74) is 6.39. The van der Waals surface area contributed by atoms with Gasteiger partial charge in [0.05, 0.1) is 5.69 Å². The monoisotopic (exact) mass is 293 g/mol. The van der Waals surface area contributed by atoms with Crippen molar-refractivity contribution in [3.05, 3.63) is 70.9 Å². The molecule has 6 nitrogen and oxygen atoms in total. The van der Waals surface area contributed by atoms with E-state index in [-0.39, 0.29) is 5.95 Å². The van der Waals surface area contributed by atoms with Gasteiger partial charge in [-0.1, -0.05) is 42.5 Å². The molecule has 2 aliphatic carbocycles. The lowest BCUT2D eigenvalue weighted by atomic mass is 9.95. The predicted molar refractivity (Wildman–Crippen MR) is 85.6 cm³/mol. The molecule has 110 valence electrons. The summed E-state index contributed by atoms with van der Waals surface area (Å²) in [6.45, 7) is 1.91. The number of benzene rings is 2. The Hall–Kier alpha value is -2.99. The maximum Gasteiger partial charge on any atom is 0.356 e. The van der Waals surface area contributed by atoms with Crippen molar-refractivity contribution in [2.45, 2.75) is 6.92 Å². The molecule has 0 radical (unpaired) electrons. The number of hydrogen-bond acceptors (Lipinski definition) is 5. The second-order valence-electron chi connectivity index (χ2n) is 4.84. The van der Waals surface area contributed by atoms with E-state index in [9.17, 15) is 4.79 Å². The number of aromatic nitrogens is 3. The van der Waals surface area contributed by atoms with Gasteiger partial charge < -0.3 is 0 Å². The highest BCUT2D eigenvalue weighted by atomic mass is 16.1. The highest BCUT2D eigenvalue weighted by Gasteiger charge is 2.05. The van der Waals surface area contributed by atoms with Crippen molar-refractivity contribution in [1.82, 2.24) is 14.5 Å². The van der Waals surface area contributed by atoms with E-state index in [4.69, 9.17) is 5.84 Å². The van der Waals surface area contributed by atoms with Gasteiger partial charge in [0.1, 0.15) is 6.33 Å². The maximum absolute atomic E-state index is 11.7. The van der Waals surface area contributed by atoms with Crippen molar-refractivity contribution in [2.24, 2.45) is 5.84 Å². The largest absolute Gasteiger partial charge is 0.356 e. The van der Waals surface area contributed by atoms with Crippen LogP contribution in [0.2, 0.25) is 0 Å². The summed E-state index contributed by atoms with van der Waals surface area (Å²) < 4.78 is 1.37. The van der Waals surface area contributed by atoms with Crippen LogP contribution in [0.1, 0.15) is 5.56 Å². The third kappa shape index (κ3) is 2.59. The van der Waals surface area contributed by atoms with Gasteiger partial charge in [-0.2, -0.15) is 4.98 Å². The summed E-state index contributed by atoms with van der Waals surface area (Å²) in [6.07, 6.45) is 1.40. The van der Waals surface area contributed by atoms with Crippen LogP contribution in [0, 0.1) is 6.92 Å². The number of para-hydroxylation sites is 1. The van der Waals surface area contributed by atoms with Crippen molar-refractivity contribution in [3.8, 4) is 16.8 Å². The molecule has 0 spiro atoms. The molecule has 0 amide bonds. The molecule has 6 heteroatoms. The summed E-state index contributed by atoms with van der Waals surface area (Å²) in [6, 6.07) is 16.0. The van der Waals surface area contributed by atoms with Gasteiger partial charge in [-0.3, -0.25) is 9.99 Å². The SMILES string of the molecule is Cc1ccccc1-n1cnc(NN)nc1=O.c1cc2ccc1-2. The van der Waals surface area contributed by atoms with Gasteiger partial charge in [0.15, 0.2) is 0 Å². The molecular weight excluding hydrogens is 278 g/mol. The Labute approximate surface area is 127 Å². The van der Waals surface area contributed by atoms with E-state index in [0.717, 1.165) is 11.3 Å². The average Bonchev–Trinajstić information content (AvgIpc) is 2.52. The first-order valence-electron chi connectivity index (χ1n) is 6.78. The zero-order chi connectivity index (χ0) is 15.5. The number of anilines is 1. The van der Waals surface area contributed by atoms with Gasteiger partial charge >= 0.3 is 5.69 Å². The van der Waals surface area contributed by atoms with Gasteiger partial charge in [0, 0.05) is 0 Å². The summed E-state index contributed by atoms with van der Waals surface area (Å²) >= 11 is 0. The minimum absolute atomic E-state index is 0.106. The van der Waals surface area contributed by atoms with Crippen LogP contribution in [0.4, 0.5) is 5.95 Å². The minimum atomic E-state index is -0.419. The van der Waals surface area contributed by atoms with E-state index < -0.39 is 5.69 Å². The number of nitrogens with one attached hydrogen (secondary N) is 1. The van der Waals surface area contributed by atoms with E-state index in [1.807, 2.05) is 31.2 Å². The zero-order valence-corrected chi connectivity index (χ0v) is 12.0. The van der Waals surface area contributed by atoms with E-state index >= 15 is 0 Å². The van der Waals surface area contributed by atoms with E-state index in [1.165, 1.54) is 22.0 Å². The topological polar surface area (TPSA) is 85.8 Å². The van der Waals surface area contributed by atoms with Gasteiger partial charge in [0.25, 0.3) is 0 Å². The Bertz CT molecular complexity index is 834. The smallest absolute Gasteiger partial charge is 0.292 e. The van der Waals surface area contributed by atoms with Gasteiger partial charge in [-0.05, 0) is 29.7 Å². The fraction of sp³-hybridized carbons (Fsp3) is 0.0625. The van der Waals surface area contributed by atoms with Crippen molar-refractivity contribution in [3.63, 3.8) is 0 Å². The summed E-state index contributed by atoms with van der Waals surface area (Å²) in [7, 11) is 0. The Morgan fingerprint density at radius 2 is 1.68 bits per heavy atom. The molecule has 1 aromatic carbocycles. The predicted octanol–water partition coefficient (Wildman–Crippen LogP) is 1.89. The molecule has 3 N–H and O–H groups in total. The molecule has 4 rings (SSSR count). The highest BCUT2D eigenvalue weighted by molar-refractivity contribution is 5.75. The Morgan fingerprint density at radius 1 is 1.05 bits per heavy atom. The molecule has 0 unspecified atom stereocenters. The van der Waals surface area contributed by atoms with Crippen molar-refractivity contribution in [2.75, 3.05) is 5.43 Å². The lowest BCUT2D eigenvalue weighted by Crippen LogP contribution is -2.25. The summed E-state index contributed by atoms with van der Waals surface area (Å²) in [5, 5.41) is 0. The van der Waals surface area contributed by atoms with Crippen LogP contribution < -0.4 is 17.0 Å². The van der Waals surface area contributed by atoms with Crippen LogP contribution in [-0.2, 0) is 0 Å². The van der Waals surface area contributed by atoms with Crippen LogP contribution in [0.3, 0.4) is 0 Å². The van der Waals surface area contributed by atoms with Crippen LogP contribution in [0.15, 0.2) is 59.7 Å². The molecule has 2 aliphatic rings. The van der Waals surface area contributed by atoms with Crippen molar-refractivity contribution < 1.29 is 0 Å². The quantitative estimate of drug-likeness (QED) is 0.435. The minimum Gasteiger partial charge on any atom is -0.292 e. The number of rotatable bonds is 2.